The van der Waals surface area contributed by atoms with Crippen LogP contribution < -0.4 is 14.8 Å². The Morgan fingerprint density at radius 3 is 2.22 bits per heavy atom. The molecule has 0 saturated heterocycles. The lowest BCUT2D eigenvalue weighted by molar-refractivity contribution is -0.124. The first-order valence-electron chi connectivity index (χ1n) is 7.99. The molecule has 2 rings (SSSR count). The molecule has 144 valence electrons. The average molecular weight is 412 g/mol. The normalized spacial score (nSPS) is 11.4. The van der Waals surface area contributed by atoms with Gasteiger partial charge < -0.3 is 19.5 Å². The molecule has 2 aromatic rings. The first kappa shape index (κ1) is 20.9. The largest absolute Gasteiger partial charge is 0.496 e. The number of rotatable bonds is 7. The lowest BCUT2D eigenvalue weighted by Crippen LogP contribution is -2.31. The van der Waals surface area contributed by atoms with Gasteiger partial charge in [0.1, 0.15) is 17.1 Å². The number of amides is 1. The Bertz CT molecular complexity index is 819. The number of methoxy groups -OCH3 is 2. The van der Waals surface area contributed by atoms with E-state index >= 15 is 0 Å². The number of carbonyl (C=O) groups is 2. The van der Waals surface area contributed by atoms with Crippen molar-refractivity contribution in [1.82, 2.24) is 5.32 Å². The minimum atomic E-state index is -0.721. The Morgan fingerprint density at radius 1 is 1.04 bits per heavy atom. The van der Waals surface area contributed by atoms with E-state index in [4.69, 9.17) is 37.4 Å². The summed E-state index contributed by atoms with van der Waals surface area (Å²) in [7, 11) is 2.86. The molecule has 0 aliphatic carbocycles. The van der Waals surface area contributed by atoms with Crippen molar-refractivity contribution < 1.29 is 23.8 Å². The molecule has 1 N–H and O–H groups in total. The maximum absolute atomic E-state index is 12.4. The maximum atomic E-state index is 12.4. The standard InChI is InChI=1S/C19H19Cl2NO5/c1-11(12-7-8-13(20)14(21)9-12)22-17(23)10-27-19(24)18-15(25-2)5-4-6-16(18)26-3/h4-9,11H,10H2,1-3H3,(H,22,23)/t11-/m0/s1. The van der Waals surface area contributed by atoms with Crippen LogP contribution in [-0.2, 0) is 9.53 Å². The molecular formula is C19H19Cl2NO5. The topological polar surface area (TPSA) is 73.9 Å². The molecule has 0 aliphatic heterocycles. The van der Waals surface area contributed by atoms with Crippen molar-refractivity contribution in [2.75, 3.05) is 20.8 Å². The van der Waals surface area contributed by atoms with Crippen LogP contribution in [0.25, 0.3) is 0 Å². The van der Waals surface area contributed by atoms with Crippen molar-refractivity contribution in [3.05, 3.63) is 57.6 Å². The van der Waals surface area contributed by atoms with Crippen LogP contribution in [0, 0.1) is 0 Å². The smallest absolute Gasteiger partial charge is 0.346 e. The second kappa shape index (κ2) is 9.48. The van der Waals surface area contributed by atoms with Crippen molar-refractivity contribution in [3.63, 3.8) is 0 Å². The molecule has 0 heterocycles. The fourth-order valence-electron chi connectivity index (χ4n) is 2.40. The Labute approximate surface area is 167 Å². The number of hydrogen-bond acceptors (Lipinski definition) is 5. The lowest BCUT2D eigenvalue weighted by Gasteiger charge is -2.16. The third-order valence-electron chi connectivity index (χ3n) is 3.79. The van der Waals surface area contributed by atoms with Gasteiger partial charge in [0.05, 0.1) is 30.3 Å². The summed E-state index contributed by atoms with van der Waals surface area (Å²) >= 11 is 11.9. The van der Waals surface area contributed by atoms with E-state index in [1.807, 2.05) is 0 Å². The number of esters is 1. The van der Waals surface area contributed by atoms with Crippen LogP contribution in [0.1, 0.15) is 28.9 Å². The number of nitrogens with one attached hydrogen (secondary N) is 1. The van der Waals surface area contributed by atoms with Gasteiger partial charge in [0.2, 0.25) is 0 Å². The number of carbonyl (C=O) groups excluding carboxylic acids is 2. The molecule has 1 amide bonds. The van der Waals surface area contributed by atoms with Crippen molar-refractivity contribution in [3.8, 4) is 11.5 Å². The van der Waals surface area contributed by atoms with Gasteiger partial charge in [-0.2, -0.15) is 0 Å². The van der Waals surface area contributed by atoms with Crippen LogP contribution in [-0.4, -0.2) is 32.7 Å². The maximum Gasteiger partial charge on any atom is 0.346 e. The molecule has 0 unspecified atom stereocenters. The van der Waals surface area contributed by atoms with Crippen LogP contribution >= 0.6 is 23.2 Å². The number of ether oxygens (including phenoxy) is 3. The van der Waals surface area contributed by atoms with Gasteiger partial charge >= 0.3 is 5.97 Å². The third kappa shape index (κ3) is 5.28. The van der Waals surface area contributed by atoms with Crippen molar-refractivity contribution in [2.45, 2.75) is 13.0 Å². The average Bonchev–Trinajstić information content (AvgIpc) is 2.67. The molecule has 6 nitrogen and oxygen atoms in total. The molecule has 0 fully saturated rings. The van der Waals surface area contributed by atoms with Crippen LogP contribution in [0.3, 0.4) is 0 Å². The molecule has 27 heavy (non-hydrogen) atoms. The quantitative estimate of drug-likeness (QED) is 0.695. The number of hydrogen-bond donors (Lipinski definition) is 1. The summed E-state index contributed by atoms with van der Waals surface area (Å²) in [4.78, 5) is 24.5. The van der Waals surface area contributed by atoms with E-state index in [1.165, 1.54) is 14.2 Å². The van der Waals surface area contributed by atoms with Crippen LogP contribution in [0.5, 0.6) is 11.5 Å². The summed E-state index contributed by atoms with van der Waals surface area (Å²) in [5, 5.41) is 3.55. The zero-order valence-electron chi connectivity index (χ0n) is 15.0. The predicted octanol–water partition coefficient (Wildman–Crippen LogP) is 4.04. The van der Waals surface area contributed by atoms with Gasteiger partial charge in [0, 0.05) is 0 Å². The van der Waals surface area contributed by atoms with Crippen LogP contribution in [0.2, 0.25) is 10.0 Å². The van der Waals surface area contributed by atoms with E-state index in [0.717, 1.165) is 5.56 Å². The van der Waals surface area contributed by atoms with Gasteiger partial charge in [-0.3, -0.25) is 4.79 Å². The van der Waals surface area contributed by atoms with E-state index in [2.05, 4.69) is 5.32 Å². The van der Waals surface area contributed by atoms with Gasteiger partial charge in [-0.05, 0) is 36.8 Å². The first-order chi connectivity index (χ1) is 12.9. The lowest BCUT2D eigenvalue weighted by atomic mass is 10.1. The monoisotopic (exact) mass is 411 g/mol. The highest BCUT2D eigenvalue weighted by atomic mass is 35.5. The minimum absolute atomic E-state index is 0.118. The van der Waals surface area contributed by atoms with Gasteiger partial charge in [0.15, 0.2) is 6.61 Å². The summed E-state index contributed by atoms with van der Waals surface area (Å²) in [6.07, 6.45) is 0. The molecule has 0 spiro atoms. The van der Waals surface area contributed by atoms with Crippen molar-refractivity contribution in [1.29, 1.82) is 0 Å². The molecule has 0 aliphatic rings. The van der Waals surface area contributed by atoms with Gasteiger partial charge in [-0.25, -0.2) is 4.79 Å². The van der Waals surface area contributed by atoms with E-state index in [1.54, 1.807) is 43.3 Å². The van der Waals surface area contributed by atoms with Gasteiger partial charge in [-0.15, -0.1) is 0 Å². The molecular weight excluding hydrogens is 393 g/mol. The fourth-order valence-corrected chi connectivity index (χ4v) is 2.71. The Hall–Kier alpha value is -2.44. The van der Waals surface area contributed by atoms with E-state index in [9.17, 15) is 9.59 Å². The van der Waals surface area contributed by atoms with E-state index < -0.39 is 18.5 Å². The third-order valence-corrected chi connectivity index (χ3v) is 4.53. The van der Waals surface area contributed by atoms with Crippen molar-refractivity contribution in [2.24, 2.45) is 0 Å². The zero-order valence-corrected chi connectivity index (χ0v) is 16.6. The fraction of sp³-hybridized carbons (Fsp3) is 0.263. The SMILES string of the molecule is COc1cccc(OC)c1C(=O)OCC(=O)N[C@@H](C)c1ccc(Cl)c(Cl)c1. The predicted molar refractivity (Wildman–Crippen MR) is 103 cm³/mol. The Balaban J connectivity index is 1.99. The molecule has 0 saturated carbocycles. The van der Waals surface area contributed by atoms with Crippen molar-refractivity contribution >= 4 is 35.1 Å². The molecule has 2 aromatic carbocycles. The highest BCUT2D eigenvalue weighted by molar-refractivity contribution is 6.42. The molecule has 8 heteroatoms. The van der Waals surface area contributed by atoms with Gasteiger partial charge in [-0.1, -0.05) is 35.3 Å². The summed E-state index contributed by atoms with van der Waals surface area (Å²) in [6.45, 7) is 1.33. The zero-order chi connectivity index (χ0) is 20.0. The summed E-state index contributed by atoms with van der Waals surface area (Å²) < 4.78 is 15.4. The second-order valence-electron chi connectivity index (χ2n) is 5.58. The Kier molecular flexibility index (Phi) is 7.33. The summed E-state index contributed by atoms with van der Waals surface area (Å²) in [5.74, 6) is -0.592. The highest BCUT2D eigenvalue weighted by Crippen LogP contribution is 2.29. The second-order valence-corrected chi connectivity index (χ2v) is 6.39. The van der Waals surface area contributed by atoms with Gasteiger partial charge in [0.25, 0.3) is 5.91 Å². The first-order valence-corrected chi connectivity index (χ1v) is 8.75. The van der Waals surface area contributed by atoms with E-state index in [0.29, 0.717) is 21.5 Å². The molecule has 0 aromatic heterocycles. The highest BCUT2D eigenvalue weighted by Gasteiger charge is 2.21. The molecule has 0 bridgehead atoms. The van der Waals surface area contributed by atoms with Crippen LogP contribution in [0.4, 0.5) is 0 Å². The van der Waals surface area contributed by atoms with Crippen LogP contribution in [0.15, 0.2) is 36.4 Å². The van der Waals surface area contributed by atoms with E-state index in [-0.39, 0.29) is 11.6 Å². The minimum Gasteiger partial charge on any atom is -0.496 e. The Morgan fingerprint density at radius 2 is 1.67 bits per heavy atom. The summed E-state index contributed by atoms with van der Waals surface area (Å²) in [6, 6.07) is 9.62. The number of halogens is 2. The molecule has 0 radical (unpaired) electrons. The summed E-state index contributed by atoms with van der Waals surface area (Å²) in [5.41, 5.74) is 0.892. The number of benzene rings is 2. The molecule has 1 atom stereocenters.